The molecule has 0 saturated carbocycles. The van der Waals surface area contributed by atoms with Gasteiger partial charge in [-0.2, -0.15) is 0 Å². The average molecular weight is 328 g/mol. The van der Waals surface area contributed by atoms with Crippen molar-refractivity contribution in [2.75, 3.05) is 18.9 Å². The first-order valence-electron chi connectivity index (χ1n) is 5.89. The number of benzene rings is 1. The standard InChI is InChI=1S/C13H11Cl2N3O3/c14-8-1-2-10(9(15)7-8)20-5-6-21-13(19)11-12(16)18-4-3-17-11/h1-4,7H,5-6H2,(H2,16,18). The molecule has 2 aromatic rings. The van der Waals surface area contributed by atoms with Gasteiger partial charge < -0.3 is 15.2 Å². The Hall–Kier alpha value is -2.05. The molecule has 2 rings (SSSR count). The van der Waals surface area contributed by atoms with E-state index in [1.54, 1.807) is 18.2 Å². The maximum Gasteiger partial charge on any atom is 0.360 e. The summed E-state index contributed by atoms with van der Waals surface area (Å²) in [4.78, 5) is 19.2. The highest BCUT2D eigenvalue weighted by Gasteiger charge is 2.13. The Balaban J connectivity index is 1.82. The minimum Gasteiger partial charge on any atom is -0.488 e. The Morgan fingerprint density at radius 2 is 1.95 bits per heavy atom. The molecule has 1 aromatic heterocycles. The lowest BCUT2D eigenvalue weighted by Gasteiger charge is -2.09. The monoisotopic (exact) mass is 327 g/mol. The number of carbonyl (C=O) groups is 1. The van der Waals surface area contributed by atoms with Crippen molar-refractivity contribution in [1.82, 2.24) is 9.97 Å². The smallest absolute Gasteiger partial charge is 0.360 e. The molecule has 2 N–H and O–H groups in total. The van der Waals surface area contributed by atoms with Gasteiger partial charge in [-0.05, 0) is 18.2 Å². The SMILES string of the molecule is Nc1nccnc1C(=O)OCCOc1ccc(Cl)cc1Cl. The highest BCUT2D eigenvalue weighted by atomic mass is 35.5. The van der Waals surface area contributed by atoms with Crippen LogP contribution in [0.25, 0.3) is 0 Å². The Labute approximate surface area is 130 Å². The van der Waals surface area contributed by atoms with Crippen LogP contribution >= 0.6 is 23.2 Å². The highest BCUT2D eigenvalue weighted by Crippen LogP contribution is 2.27. The van der Waals surface area contributed by atoms with E-state index in [2.05, 4.69) is 9.97 Å². The Bertz CT molecular complexity index is 652. The van der Waals surface area contributed by atoms with Crippen molar-refractivity contribution in [1.29, 1.82) is 0 Å². The second-order valence-corrected chi connectivity index (χ2v) is 4.69. The van der Waals surface area contributed by atoms with Crippen LogP contribution in [0.2, 0.25) is 10.0 Å². The Kier molecular flexibility index (Phi) is 5.19. The molecule has 8 heteroatoms. The Morgan fingerprint density at radius 3 is 2.67 bits per heavy atom. The predicted octanol–water partition coefficient (Wildman–Crippen LogP) is 2.60. The van der Waals surface area contributed by atoms with Gasteiger partial charge in [-0.25, -0.2) is 14.8 Å². The lowest BCUT2D eigenvalue weighted by Crippen LogP contribution is -2.15. The summed E-state index contributed by atoms with van der Waals surface area (Å²) >= 11 is 11.7. The molecule has 1 aromatic carbocycles. The average Bonchev–Trinajstić information content (AvgIpc) is 2.45. The number of aromatic nitrogens is 2. The van der Waals surface area contributed by atoms with Gasteiger partial charge in [-0.1, -0.05) is 23.2 Å². The van der Waals surface area contributed by atoms with Crippen LogP contribution in [0.4, 0.5) is 5.82 Å². The molecule has 110 valence electrons. The molecule has 21 heavy (non-hydrogen) atoms. The van der Waals surface area contributed by atoms with E-state index in [1.807, 2.05) is 0 Å². The van der Waals surface area contributed by atoms with Crippen molar-refractivity contribution >= 4 is 35.0 Å². The molecule has 1 heterocycles. The van der Waals surface area contributed by atoms with E-state index < -0.39 is 5.97 Å². The van der Waals surface area contributed by atoms with Crippen LogP contribution in [0.5, 0.6) is 5.75 Å². The van der Waals surface area contributed by atoms with Crippen molar-refractivity contribution < 1.29 is 14.3 Å². The number of hydrogen-bond acceptors (Lipinski definition) is 6. The first kappa shape index (κ1) is 15.3. The van der Waals surface area contributed by atoms with Crippen molar-refractivity contribution in [2.24, 2.45) is 0 Å². The maximum atomic E-state index is 11.7. The van der Waals surface area contributed by atoms with Crippen LogP contribution in [0.1, 0.15) is 10.5 Å². The summed E-state index contributed by atoms with van der Waals surface area (Å²) in [5.41, 5.74) is 5.49. The molecular formula is C13H11Cl2N3O3. The molecule has 0 spiro atoms. The molecule has 0 unspecified atom stereocenters. The van der Waals surface area contributed by atoms with Gasteiger partial charge in [-0.15, -0.1) is 0 Å². The quantitative estimate of drug-likeness (QED) is 0.670. The van der Waals surface area contributed by atoms with E-state index in [1.165, 1.54) is 12.4 Å². The van der Waals surface area contributed by atoms with Crippen molar-refractivity contribution in [3.05, 3.63) is 46.3 Å². The fourth-order valence-electron chi connectivity index (χ4n) is 1.45. The number of nitrogens with two attached hydrogens (primary N) is 1. The second kappa shape index (κ2) is 7.10. The third-order valence-corrected chi connectivity index (χ3v) is 2.92. The van der Waals surface area contributed by atoms with E-state index in [0.717, 1.165) is 0 Å². The fourth-order valence-corrected chi connectivity index (χ4v) is 1.92. The molecule has 6 nitrogen and oxygen atoms in total. The number of halogens is 2. The maximum absolute atomic E-state index is 11.7. The molecule has 0 fully saturated rings. The Morgan fingerprint density at radius 1 is 1.19 bits per heavy atom. The second-order valence-electron chi connectivity index (χ2n) is 3.85. The van der Waals surface area contributed by atoms with E-state index >= 15 is 0 Å². The van der Waals surface area contributed by atoms with Crippen LogP contribution in [0.15, 0.2) is 30.6 Å². The third-order valence-electron chi connectivity index (χ3n) is 2.39. The largest absolute Gasteiger partial charge is 0.488 e. The number of ether oxygens (including phenoxy) is 2. The van der Waals surface area contributed by atoms with Gasteiger partial charge in [0.2, 0.25) is 0 Å². The number of hydrogen-bond donors (Lipinski definition) is 1. The van der Waals surface area contributed by atoms with E-state index in [4.69, 9.17) is 38.4 Å². The zero-order valence-corrected chi connectivity index (χ0v) is 12.3. The minimum absolute atomic E-state index is 0.0177. The number of rotatable bonds is 5. The molecule has 0 aliphatic heterocycles. The zero-order valence-electron chi connectivity index (χ0n) is 10.8. The van der Waals surface area contributed by atoms with Crippen LogP contribution in [-0.2, 0) is 4.74 Å². The number of nitrogens with zero attached hydrogens (tertiary/aromatic N) is 2. The van der Waals surface area contributed by atoms with Gasteiger partial charge >= 0.3 is 5.97 Å². The van der Waals surface area contributed by atoms with E-state index in [-0.39, 0.29) is 24.7 Å². The van der Waals surface area contributed by atoms with Gasteiger partial charge in [0.15, 0.2) is 11.5 Å². The molecule has 0 amide bonds. The van der Waals surface area contributed by atoms with Crippen molar-refractivity contribution in [3.8, 4) is 5.75 Å². The van der Waals surface area contributed by atoms with E-state index in [9.17, 15) is 4.79 Å². The van der Waals surface area contributed by atoms with E-state index in [0.29, 0.717) is 15.8 Å². The molecule has 0 aliphatic carbocycles. The van der Waals surface area contributed by atoms with Crippen LogP contribution < -0.4 is 10.5 Å². The molecule has 0 atom stereocenters. The fraction of sp³-hybridized carbons (Fsp3) is 0.154. The summed E-state index contributed by atoms with van der Waals surface area (Å²) in [5, 5.41) is 0.893. The summed E-state index contributed by atoms with van der Waals surface area (Å²) in [6.45, 7) is 0.154. The highest BCUT2D eigenvalue weighted by molar-refractivity contribution is 6.35. The van der Waals surface area contributed by atoms with Crippen molar-refractivity contribution in [3.63, 3.8) is 0 Å². The zero-order chi connectivity index (χ0) is 15.2. The topological polar surface area (TPSA) is 87.3 Å². The summed E-state index contributed by atoms with van der Waals surface area (Å²) in [6, 6.07) is 4.84. The summed E-state index contributed by atoms with van der Waals surface area (Å²) in [5.74, 6) is -0.188. The molecule has 0 saturated heterocycles. The van der Waals surface area contributed by atoms with Gasteiger partial charge in [0.1, 0.15) is 19.0 Å². The number of esters is 1. The molecule has 0 aliphatic rings. The summed E-state index contributed by atoms with van der Waals surface area (Å²) in [7, 11) is 0. The van der Waals surface area contributed by atoms with Gasteiger partial charge in [0.05, 0.1) is 5.02 Å². The number of anilines is 1. The van der Waals surface area contributed by atoms with Crippen LogP contribution in [0.3, 0.4) is 0 Å². The summed E-state index contributed by atoms with van der Waals surface area (Å²) < 4.78 is 10.4. The molecule has 0 radical (unpaired) electrons. The van der Waals surface area contributed by atoms with Gasteiger partial charge in [-0.3, -0.25) is 0 Å². The lowest BCUT2D eigenvalue weighted by atomic mass is 10.3. The van der Waals surface area contributed by atoms with Crippen LogP contribution in [0, 0.1) is 0 Å². The number of nitrogen functional groups attached to an aromatic ring is 1. The van der Waals surface area contributed by atoms with Crippen molar-refractivity contribution in [2.45, 2.75) is 0 Å². The third kappa shape index (κ3) is 4.21. The first-order valence-corrected chi connectivity index (χ1v) is 6.65. The molecule has 0 bridgehead atoms. The normalized spacial score (nSPS) is 10.2. The molecular weight excluding hydrogens is 317 g/mol. The number of carbonyl (C=O) groups excluding carboxylic acids is 1. The van der Waals surface area contributed by atoms with Gasteiger partial charge in [0, 0.05) is 17.4 Å². The lowest BCUT2D eigenvalue weighted by molar-refractivity contribution is 0.0444. The minimum atomic E-state index is -0.661. The van der Waals surface area contributed by atoms with Gasteiger partial charge in [0.25, 0.3) is 0 Å². The van der Waals surface area contributed by atoms with Crippen LogP contribution in [-0.4, -0.2) is 29.2 Å². The first-order chi connectivity index (χ1) is 10.1. The summed E-state index contributed by atoms with van der Waals surface area (Å²) in [6.07, 6.45) is 2.74. The predicted molar refractivity (Wildman–Crippen MR) is 78.7 cm³/mol.